The van der Waals surface area contributed by atoms with Gasteiger partial charge in [-0.25, -0.2) is 4.90 Å². The van der Waals surface area contributed by atoms with E-state index in [1.165, 1.54) is 0 Å². The lowest BCUT2D eigenvalue weighted by Gasteiger charge is -2.34. The van der Waals surface area contributed by atoms with Crippen LogP contribution in [-0.2, 0) is 14.4 Å². The Morgan fingerprint density at radius 3 is 2.53 bits per heavy atom. The van der Waals surface area contributed by atoms with E-state index in [1.807, 2.05) is 6.92 Å². The molecular weight excluding hydrogens is 406 g/mol. The Morgan fingerprint density at radius 1 is 1.23 bits per heavy atom. The van der Waals surface area contributed by atoms with E-state index >= 15 is 0 Å². The molecule has 30 heavy (non-hydrogen) atoms. The van der Waals surface area contributed by atoms with Gasteiger partial charge in [-0.05, 0) is 42.7 Å². The standard InChI is InChI=1S/C22H22ClN3O4/c1-11(2)22(21(29)30)17-16(18(25-22)15-6-4-5-9-24-15)19(27)26(20(17)28)13-8-7-12(3)14(23)10-13/h4-11,16-18,25H,1-3H3,(H,29,30). The molecule has 8 heteroatoms. The SMILES string of the molecule is Cc1ccc(N2C(=O)C3C(c4ccccn4)NC(C(=O)O)(C(C)C)C3C2=O)cc1Cl. The third-order valence-electron chi connectivity index (χ3n) is 6.28. The number of aryl methyl sites for hydroxylation is 1. The number of aliphatic carboxylic acids is 1. The van der Waals surface area contributed by atoms with Crippen molar-refractivity contribution in [3.05, 3.63) is 58.9 Å². The molecule has 2 aliphatic rings. The van der Waals surface area contributed by atoms with Crippen molar-refractivity contribution < 1.29 is 19.5 Å². The normalized spacial score (nSPS) is 28.3. The van der Waals surface area contributed by atoms with E-state index in [0.29, 0.717) is 16.4 Å². The maximum Gasteiger partial charge on any atom is 0.325 e. The number of amides is 2. The number of anilines is 1. The van der Waals surface area contributed by atoms with Gasteiger partial charge < -0.3 is 5.11 Å². The summed E-state index contributed by atoms with van der Waals surface area (Å²) in [6.07, 6.45) is 1.58. The minimum absolute atomic E-state index is 0.345. The van der Waals surface area contributed by atoms with Gasteiger partial charge in [-0.15, -0.1) is 0 Å². The average molecular weight is 428 g/mol. The summed E-state index contributed by atoms with van der Waals surface area (Å²) in [5.74, 6) is -4.53. The molecule has 2 amide bonds. The Labute approximate surface area is 179 Å². The van der Waals surface area contributed by atoms with Gasteiger partial charge >= 0.3 is 5.97 Å². The van der Waals surface area contributed by atoms with Crippen LogP contribution < -0.4 is 10.2 Å². The van der Waals surface area contributed by atoms with Crippen LogP contribution >= 0.6 is 11.6 Å². The number of carbonyl (C=O) groups is 3. The number of pyridine rings is 1. The maximum absolute atomic E-state index is 13.5. The van der Waals surface area contributed by atoms with E-state index in [4.69, 9.17) is 11.6 Å². The van der Waals surface area contributed by atoms with Gasteiger partial charge in [-0.1, -0.05) is 37.6 Å². The van der Waals surface area contributed by atoms with Crippen molar-refractivity contribution >= 4 is 35.1 Å². The minimum Gasteiger partial charge on any atom is -0.480 e. The Balaban J connectivity index is 1.88. The zero-order chi connectivity index (χ0) is 21.8. The zero-order valence-corrected chi connectivity index (χ0v) is 17.6. The highest BCUT2D eigenvalue weighted by Crippen LogP contribution is 2.52. The molecular formula is C22H22ClN3O4. The summed E-state index contributed by atoms with van der Waals surface area (Å²) in [7, 11) is 0. The molecule has 4 rings (SSSR count). The van der Waals surface area contributed by atoms with Crippen molar-refractivity contribution in [1.29, 1.82) is 0 Å². The number of hydrogen-bond acceptors (Lipinski definition) is 5. The smallest absolute Gasteiger partial charge is 0.325 e. The number of aromatic nitrogens is 1. The maximum atomic E-state index is 13.5. The monoisotopic (exact) mass is 427 g/mol. The fourth-order valence-electron chi connectivity index (χ4n) is 4.70. The van der Waals surface area contributed by atoms with E-state index in [1.54, 1.807) is 56.4 Å². The van der Waals surface area contributed by atoms with Gasteiger partial charge in [0.25, 0.3) is 0 Å². The average Bonchev–Trinajstić information content (AvgIpc) is 3.20. The van der Waals surface area contributed by atoms with Gasteiger partial charge in [-0.3, -0.25) is 24.7 Å². The molecule has 2 saturated heterocycles. The molecule has 1 aromatic carbocycles. The zero-order valence-electron chi connectivity index (χ0n) is 16.8. The fourth-order valence-corrected chi connectivity index (χ4v) is 4.88. The second kappa shape index (κ2) is 7.18. The first kappa shape index (κ1) is 20.5. The Morgan fingerprint density at radius 2 is 1.97 bits per heavy atom. The molecule has 0 aliphatic carbocycles. The van der Waals surface area contributed by atoms with Crippen LogP contribution in [0.15, 0.2) is 42.6 Å². The predicted molar refractivity (Wildman–Crippen MR) is 111 cm³/mol. The number of carboxylic acids is 1. The fraction of sp³-hybridized carbons (Fsp3) is 0.364. The summed E-state index contributed by atoms with van der Waals surface area (Å²) in [4.78, 5) is 44.9. The molecule has 2 aliphatic heterocycles. The number of halogens is 1. The third kappa shape index (κ3) is 2.76. The number of hydrogen-bond donors (Lipinski definition) is 2. The van der Waals surface area contributed by atoms with E-state index in [2.05, 4.69) is 10.3 Å². The number of carbonyl (C=O) groups excluding carboxylic acids is 2. The third-order valence-corrected chi connectivity index (χ3v) is 6.69. The van der Waals surface area contributed by atoms with Crippen LogP contribution in [0.2, 0.25) is 5.02 Å². The van der Waals surface area contributed by atoms with Crippen molar-refractivity contribution in [3.8, 4) is 0 Å². The van der Waals surface area contributed by atoms with E-state index in [0.717, 1.165) is 10.5 Å². The summed E-state index contributed by atoms with van der Waals surface area (Å²) in [6, 6.07) is 9.49. The summed E-state index contributed by atoms with van der Waals surface area (Å²) < 4.78 is 0. The highest BCUT2D eigenvalue weighted by molar-refractivity contribution is 6.32. The van der Waals surface area contributed by atoms with Gasteiger partial charge in [0.05, 0.1) is 29.3 Å². The highest BCUT2D eigenvalue weighted by atomic mass is 35.5. The van der Waals surface area contributed by atoms with Crippen LogP contribution in [0.25, 0.3) is 0 Å². The molecule has 2 N–H and O–H groups in total. The Bertz CT molecular complexity index is 1040. The van der Waals surface area contributed by atoms with Gasteiger partial charge in [0, 0.05) is 11.2 Å². The van der Waals surface area contributed by atoms with Crippen LogP contribution in [0.5, 0.6) is 0 Å². The van der Waals surface area contributed by atoms with Crippen LogP contribution in [-0.4, -0.2) is 33.4 Å². The quantitative estimate of drug-likeness (QED) is 0.728. The topological polar surface area (TPSA) is 99.6 Å². The van der Waals surface area contributed by atoms with Gasteiger partial charge in [-0.2, -0.15) is 0 Å². The lowest BCUT2D eigenvalue weighted by molar-refractivity contribution is -0.151. The molecule has 4 unspecified atom stereocenters. The van der Waals surface area contributed by atoms with Gasteiger partial charge in [0.15, 0.2) is 0 Å². The molecule has 156 valence electrons. The van der Waals surface area contributed by atoms with Gasteiger partial charge in [0.1, 0.15) is 5.54 Å². The van der Waals surface area contributed by atoms with Crippen molar-refractivity contribution in [2.75, 3.05) is 4.90 Å². The molecule has 1 aromatic heterocycles. The van der Waals surface area contributed by atoms with E-state index in [-0.39, 0.29) is 0 Å². The van der Waals surface area contributed by atoms with Crippen molar-refractivity contribution in [2.24, 2.45) is 17.8 Å². The predicted octanol–water partition coefficient (Wildman–Crippen LogP) is 2.97. The number of nitrogens with one attached hydrogen (secondary N) is 1. The number of fused-ring (bicyclic) bond motifs is 1. The summed E-state index contributed by atoms with van der Waals surface area (Å²) in [6.45, 7) is 5.30. The molecule has 2 aromatic rings. The first-order valence-electron chi connectivity index (χ1n) is 9.76. The van der Waals surface area contributed by atoms with Crippen LogP contribution in [0.1, 0.15) is 31.1 Å². The van der Waals surface area contributed by atoms with Crippen LogP contribution in [0.4, 0.5) is 5.69 Å². The second-order valence-electron chi connectivity index (χ2n) is 8.15. The highest BCUT2D eigenvalue weighted by Gasteiger charge is 2.69. The molecule has 0 saturated carbocycles. The van der Waals surface area contributed by atoms with Crippen molar-refractivity contribution in [2.45, 2.75) is 32.4 Å². The summed E-state index contributed by atoms with van der Waals surface area (Å²) in [5, 5.41) is 13.7. The number of rotatable bonds is 4. The largest absolute Gasteiger partial charge is 0.480 e. The number of benzene rings is 1. The summed E-state index contributed by atoms with van der Waals surface area (Å²) in [5.41, 5.74) is 0.0943. The van der Waals surface area contributed by atoms with Crippen LogP contribution in [0.3, 0.4) is 0 Å². The second-order valence-corrected chi connectivity index (χ2v) is 8.56. The number of nitrogens with zero attached hydrogens (tertiary/aromatic N) is 2. The lowest BCUT2D eigenvalue weighted by Crippen LogP contribution is -2.59. The summed E-state index contributed by atoms with van der Waals surface area (Å²) >= 11 is 6.22. The Kier molecular flexibility index (Phi) is 4.91. The Hall–Kier alpha value is -2.77. The van der Waals surface area contributed by atoms with E-state index in [9.17, 15) is 19.5 Å². The van der Waals surface area contributed by atoms with Crippen LogP contribution in [0, 0.1) is 24.7 Å². The van der Waals surface area contributed by atoms with E-state index < -0.39 is 47.1 Å². The molecule has 4 atom stereocenters. The molecule has 0 spiro atoms. The van der Waals surface area contributed by atoms with Crippen molar-refractivity contribution in [3.63, 3.8) is 0 Å². The number of carboxylic acid groups (broad SMARTS) is 1. The van der Waals surface area contributed by atoms with Crippen molar-refractivity contribution in [1.82, 2.24) is 10.3 Å². The minimum atomic E-state index is -1.59. The molecule has 0 bridgehead atoms. The molecule has 0 radical (unpaired) electrons. The van der Waals surface area contributed by atoms with Gasteiger partial charge in [0.2, 0.25) is 11.8 Å². The molecule has 3 heterocycles. The molecule has 7 nitrogen and oxygen atoms in total. The lowest BCUT2D eigenvalue weighted by atomic mass is 9.73. The first-order valence-corrected chi connectivity index (χ1v) is 10.1. The number of imide groups is 1. The molecule has 2 fully saturated rings. The first-order chi connectivity index (χ1) is 14.2.